The molecule has 0 heterocycles. The Labute approximate surface area is 183 Å². The highest BCUT2D eigenvalue weighted by Gasteiger charge is 2.32. The van der Waals surface area contributed by atoms with Crippen LogP contribution in [0.4, 0.5) is 0 Å². The summed E-state index contributed by atoms with van der Waals surface area (Å²) in [5.74, 6) is 0. The Morgan fingerprint density at radius 3 is 1.48 bits per heavy atom. The molecule has 3 aromatic carbocycles. The normalized spacial score (nSPS) is 14.0. The maximum atomic E-state index is 11.9. The molecule has 0 saturated carbocycles. The molecule has 0 amide bonds. The van der Waals surface area contributed by atoms with E-state index in [0.29, 0.717) is 12.9 Å². The van der Waals surface area contributed by atoms with Crippen molar-refractivity contribution in [2.45, 2.75) is 38.1 Å². The lowest BCUT2D eigenvalue weighted by Crippen LogP contribution is -2.45. The Hall–Kier alpha value is -2.83. The van der Waals surface area contributed by atoms with Crippen LogP contribution in [-0.4, -0.2) is 36.3 Å². The molecule has 0 saturated heterocycles. The molecule has 5 nitrogen and oxygen atoms in total. The minimum atomic E-state index is -0.892. The van der Waals surface area contributed by atoms with Crippen LogP contribution in [0, 0.1) is 0 Å². The van der Waals surface area contributed by atoms with Crippen LogP contribution in [0.1, 0.15) is 16.7 Å². The van der Waals surface area contributed by atoms with Gasteiger partial charge in [-0.1, -0.05) is 91.0 Å². The van der Waals surface area contributed by atoms with E-state index < -0.39 is 18.3 Å². The van der Waals surface area contributed by atoms with E-state index in [2.05, 4.69) is 0 Å². The Bertz CT molecular complexity index is 870. The summed E-state index contributed by atoms with van der Waals surface area (Å²) in [6.07, 6.45) is -1.67. The average Bonchev–Trinajstić information content (AvgIpc) is 2.84. The Morgan fingerprint density at radius 1 is 0.645 bits per heavy atom. The summed E-state index contributed by atoms with van der Waals surface area (Å²) < 4.78 is 17.9. The van der Waals surface area contributed by atoms with E-state index in [1.165, 1.54) is 0 Å². The monoisotopic (exact) mass is 420 g/mol. The van der Waals surface area contributed by atoms with Crippen molar-refractivity contribution in [3.63, 3.8) is 0 Å². The van der Waals surface area contributed by atoms with Crippen molar-refractivity contribution >= 4 is 6.29 Å². The number of carbonyl (C=O) groups excluding carboxylic acids is 1. The number of benzene rings is 3. The highest BCUT2D eigenvalue weighted by atomic mass is 16.6. The molecule has 162 valence electrons. The largest absolute Gasteiger partial charge is 0.394 e. The van der Waals surface area contributed by atoms with Crippen molar-refractivity contribution in [1.29, 1.82) is 0 Å². The van der Waals surface area contributed by atoms with E-state index in [1.807, 2.05) is 91.0 Å². The van der Waals surface area contributed by atoms with Gasteiger partial charge in [0.05, 0.1) is 26.4 Å². The fraction of sp³-hybridized carbons (Fsp3) is 0.269. The molecule has 3 aromatic rings. The summed E-state index contributed by atoms with van der Waals surface area (Å²) in [5.41, 5.74) is 2.87. The summed E-state index contributed by atoms with van der Waals surface area (Å²) in [4.78, 5) is 11.9. The number of ether oxygens (including phenoxy) is 3. The van der Waals surface area contributed by atoms with Gasteiger partial charge in [-0.2, -0.15) is 0 Å². The molecule has 0 aliphatic carbocycles. The van der Waals surface area contributed by atoms with Crippen molar-refractivity contribution < 1.29 is 24.1 Å². The second-order valence-electron chi connectivity index (χ2n) is 7.18. The fourth-order valence-electron chi connectivity index (χ4n) is 3.19. The molecule has 5 heteroatoms. The molecular formula is C26H28O5. The van der Waals surface area contributed by atoms with Crippen LogP contribution in [0.2, 0.25) is 0 Å². The summed E-state index contributed by atoms with van der Waals surface area (Å²) in [5, 5.41) is 10.0. The van der Waals surface area contributed by atoms with E-state index in [9.17, 15) is 9.90 Å². The Morgan fingerprint density at radius 2 is 1.06 bits per heavy atom. The highest BCUT2D eigenvalue weighted by molar-refractivity contribution is 5.57. The van der Waals surface area contributed by atoms with Crippen LogP contribution >= 0.6 is 0 Å². The van der Waals surface area contributed by atoms with Crippen molar-refractivity contribution in [3.8, 4) is 0 Å². The molecule has 1 N–H and O–H groups in total. The van der Waals surface area contributed by atoms with E-state index in [0.717, 1.165) is 16.7 Å². The summed E-state index contributed by atoms with van der Waals surface area (Å²) in [6.45, 7) is 0.523. The maximum absolute atomic E-state index is 11.9. The molecule has 0 bridgehead atoms. The van der Waals surface area contributed by atoms with Crippen LogP contribution in [0.15, 0.2) is 91.0 Å². The first-order chi connectivity index (χ1) is 15.3. The number of aliphatic hydroxyl groups excluding tert-OH is 1. The van der Waals surface area contributed by atoms with Crippen LogP contribution < -0.4 is 0 Å². The molecule has 0 aliphatic heterocycles. The number of hydrogen-bond donors (Lipinski definition) is 1. The Kier molecular flexibility index (Phi) is 9.41. The lowest BCUT2D eigenvalue weighted by molar-refractivity contribution is -0.165. The number of rotatable bonds is 13. The van der Waals surface area contributed by atoms with Crippen LogP contribution in [0.3, 0.4) is 0 Å². The van der Waals surface area contributed by atoms with Gasteiger partial charge in [-0.05, 0) is 16.7 Å². The lowest BCUT2D eigenvalue weighted by Gasteiger charge is -2.30. The quantitative estimate of drug-likeness (QED) is 0.425. The number of carbonyl (C=O) groups is 1. The van der Waals surface area contributed by atoms with Crippen molar-refractivity contribution in [3.05, 3.63) is 108 Å². The standard InChI is InChI=1S/C26H28O5/c27-16-24(29-18-21-10-4-1-5-11-21)26(31-20-23-14-8-3-9-15-23)25(17-28)30-19-22-12-6-2-7-13-22/h1-16,24-26,28H,17-20H2/t24-,25+,26-/m1/s1. The molecule has 0 aromatic heterocycles. The molecule has 3 atom stereocenters. The fourth-order valence-corrected chi connectivity index (χ4v) is 3.19. The second kappa shape index (κ2) is 12.8. The van der Waals surface area contributed by atoms with Crippen molar-refractivity contribution in [1.82, 2.24) is 0 Å². The van der Waals surface area contributed by atoms with Gasteiger partial charge < -0.3 is 24.1 Å². The topological polar surface area (TPSA) is 65.0 Å². The van der Waals surface area contributed by atoms with Gasteiger partial charge in [-0.25, -0.2) is 0 Å². The SMILES string of the molecule is O=C[C@@H](OCc1ccccc1)[C@@H](OCc1ccccc1)[C@H](CO)OCc1ccccc1. The van der Waals surface area contributed by atoms with Gasteiger partial charge in [0, 0.05) is 0 Å². The van der Waals surface area contributed by atoms with Gasteiger partial charge in [0.1, 0.15) is 18.3 Å². The first kappa shape index (κ1) is 22.8. The first-order valence-electron chi connectivity index (χ1n) is 10.3. The van der Waals surface area contributed by atoms with E-state index in [4.69, 9.17) is 14.2 Å². The minimum Gasteiger partial charge on any atom is -0.394 e. The van der Waals surface area contributed by atoms with Crippen LogP contribution in [0.25, 0.3) is 0 Å². The molecular weight excluding hydrogens is 392 g/mol. The molecule has 0 unspecified atom stereocenters. The average molecular weight is 421 g/mol. The molecule has 0 fully saturated rings. The smallest absolute Gasteiger partial charge is 0.151 e. The van der Waals surface area contributed by atoms with E-state index >= 15 is 0 Å². The maximum Gasteiger partial charge on any atom is 0.151 e. The van der Waals surface area contributed by atoms with E-state index in [-0.39, 0.29) is 19.8 Å². The molecule has 0 spiro atoms. The molecule has 0 aliphatic rings. The number of aldehydes is 1. The van der Waals surface area contributed by atoms with Gasteiger partial charge in [0.15, 0.2) is 6.29 Å². The third-order valence-electron chi connectivity index (χ3n) is 4.88. The Balaban J connectivity index is 1.71. The van der Waals surface area contributed by atoms with Gasteiger partial charge in [0.25, 0.3) is 0 Å². The van der Waals surface area contributed by atoms with Crippen LogP contribution in [0.5, 0.6) is 0 Å². The molecule has 31 heavy (non-hydrogen) atoms. The number of hydrogen-bond acceptors (Lipinski definition) is 5. The van der Waals surface area contributed by atoms with Crippen molar-refractivity contribution in [2.75, 3.05) is 6.61 Å². The molecule has 3 rings (SSSR count). The summed E-state index contributed by atoms with van der Waals surface area (Å²) >= 11 is 0. The summed E-state index contributed by atoms with van der Waals surface area (Å²) in [6, 6.07) is 28.9. The summed E-state index contributed by atoms with van der Waals surface area (Å²) in [7, 11) is 0. The van der Waals surface area contributed by atoms with Gasteiger partial charge >= 0.3 is 0 Å². The van der Waals surface area contributed by atoms with Gasteiger partial charge in [-0.3, -0.25) is 0 Å². The minimum absolute atomic E-state index is 0.256. The lowest BCUT2D eigenvalue weighted by atomic mass is 10.1. The predicted molar refractivity (Wildman–Crippen MR) is 118 cm³/mol. The zero-order valence-electron chi connectivity index (χ0n) is 17.4. The third-order valence-corrected chi connectivity index (χ3v) is 4.88. The zero-order chi connectivity index (χ0) is 21.7. The first-order valence-corrected chi connectivity index (χ1v) is 10.3. The predicted octanol–water partition coefficient (Wildman–Crippen LogP) is 3.93. The van der Waals surface area contributed by atoms with Crippen molar-refractivity contribution in [2.24, 2.45) is 0 Å². The molecule has 0 radical (unpaired) electrons. The highest BCUT2D eigenvalue weighted by Crippen LogP contribution is 2.17. The van der Waals surface area contributed by atoms with Crippen LogP contribution in [-0.2, 0) is 38.8 Å². The second-order valence-corrected chi connectivity index (χ2v) is 7.18. The third kappa shape index (κ3) is 7.42. The van der Waals surface area contributed by atoms with Gasteiger partial charge in [-0.15, -0.1) is 0 Å². The van der Waals surface area contributed by atoms with Gasteiger partial charge in [0.2, 0.25) is 0 Å². The number of aliphatic hydroxyl groups is 1. The van der Waals surface area contributed by atoms with E-state index in [1.54, 1.807) is 0 Å². The zero-order valence-corrected chi connectivity index (χ0v) is 17.4.